The molecule has 0 saturated carbocycles. The van der Waals surface area contributed by atoms with E-state index in [9.17, 15) is 13.6 Å². The van der Waals surface area contributed by atoms with Gasteiger partial charge in [-0.3, -0.25) is 4.79 Å². The molecule has 0 atom stereocenters. The highest BCUT2D eigenvalue weighted by Crippen LogP contribution is 2.27. The fourth-order valence-corrected chi connectivity index (χ4v) is 1.24. The average Bonchev–Trinajstić information content (AvgIpc) is 2.22. The Kier molecular flexibility index (Phi) is 4.49. The van der Waals surface area contributed by atoms with E-state index in [-0.39, 0.29) is 17.2 Å². The highest BCUT2D eigenvalue weighted by Gasteiger charge is 2.11. The summed E-state index contributed by atoms with van der Waals surface area (Å²) < 4.78 is 32.6. The highest BCUT2D eigenvalue weighted by atomic mass is 35.5. The average molecular weight is 251 g/mol. The molecule has 0 fully saturated rings. The quantitative estimate of drug-likeness (QED) is 0.771. The lowest BCUT2D eigenvalue weighted by Crippen LogP contribution is -2.06. The topological polar surface area (TPSA) is 35.5 Å². The minimum Gasteiger partial charge on any atom is -0.469 e. The van der Waals surface area contributed by atoms with Crippen molar-refractivity contribution >= 4 is 17.6 Å². The van der Waals surface area contributed by atoms with Crippen LogP contribution in [0.25, 0.3) is 0 Å². The molecule has 0 aliphatic carbocycles. The number of esters is 1. The van der Waals surface area contributed by atoms with Gasteiger partial charge in [-0.05, 0) is 17.7 Å². The number of carbonyl (C=O) groups excluding carboxylic acids is 1. The molecule has 0 amide bonds. The molecule has 0 aliphatic rings. The third kappa shape index (κ3) is 3.66. The van der Waals surface area contributed by atoms with Crippen LogP contribution in [-0.4, -0.2) is 19.7 Å². The lowest BCUT2D eigenvalue weighted by atomic mass is 10.1. The molecule has 0 spiro atoms. The standard InChI is InChI=1S/C10H9ClF2O3/c1-15-9(14)5-6-2-3-7(11)8(4-6)16-10(12)13/h2-4,10H,5H2,1H3. The van der Waals surface area contributed by atoms with E-state index in [4.69, 9.17) is 11.6 Å². The van der Waals surface area contributed by atoms with Crippen molar-refractivity contribution in [3.63, 3.8) is 0 Å². The SMILES string of the molecule is COC(=O)Cc1ccc(Cl)c(OC(F)F)c1. The monoisotopic (exact) mass is 250 g/mol. The highest BCUT2D eigenvalue weighted by molar-refractivity contribution is 6.32. The molecule has 1 aromatic rings. The Morgan fingerprint density at radius 2 is 2.19 bits per heavy atom. The molecule has 88 valence electrons. The summed E-state index contributed by atoms with van der Waals surface area (Å²) in [5.41, 5.74) is 0.493. The van der Waals surface area contributed by atoms with Crippen LogP contribution in [0.2, 0.25) is 5.02 Å². The number of rotatable bonds is 4. The van der Waals surface area contributed by atoms with E-state index in [0.29, 0.717) is 5.56 Å². The summed E-state index contributed by atoms with van der Waals surface area (Å²) in [6.45, 7) is -2.95. The summed E-state index contributed by atoms with van der Waals surface area (Å²) in [6, 6.07) is 4.21. The zero-order valence-corrected chi connectivity index (χ0v) is 9.13. The van der Waals surface area contributed by atoms with Crippen LogP contribution in [0.1, 0.15) is 5.56 Å². The molecular weight excluding hydrogens is 242 g/mol. The fraction of sp³-hybridized carbons (Fsp3) is 0.300. The zero-order valence-electron chi connectivity index (χ0n) is 8.38. The first-order valence-electron chi connectivity index (χ1n) is 4.33. The Balaban J connectivity index is 2.84. The summed E-state index contributed by atoms with van der Waals surface area (Å²) in [4.78, 5) is 11.0. The number of ether oxygens (including phenoxy) is 2. The van der Waals surface area contributed by atoms with Gasteiger partial charge in [0.1, 0.15) is 5.75 Å². The molecule has 16 heavy (non-hydrogen) atoms. The van der Waals surface area contributed by atoms with Crippen molar-refractivity contribution in [2.45, 2.75) is 13.0 Å². The van der Waals surface area contributed by atoms with Gasteiger partial charge in [-0.15, -0.1) is 0 Å². The second kappa shape index (κ2) is 5.65. The Hall–Kier alpha value is -1.36. The maximum atomic E-state index is 12.0. The zero-order chi connectivity index (χ0) is 12.1. The van der Waals surface area contributed by atoms with E-state index in [2.05, 4.69) is 9.47 Å². The molecule has 0 saturated heterocycles. The van der Waals surface area contributed by atoms with E-state index < -0.39 is 12.6 Å². The molecule has 0 unspecified atom stereocenters. The maximum absolute atomic E-state index is 12.0. The molecular formula is C10H9ClF2O3. The number of alkyl halides is 2. The number of methoxy groups -OCH3 is 1. The number of hydrogen-bond acceptors (Lipinski definition) is 3. The Morgan fingerprint density at radius 3 is 2.75 bits per heavy atom. The Bertz CT molecular complexity index is 382. The first kappa shape index (κ1) is 12.7. The number of halogens is 3. The van der Waals surface area contributed by atoms with Gasteiger partial charge in [0, 0.05) is 0 Å². The third-order valence-electron chi connectivity index (χ3n) is 1.79. The molecule has 0 aromatic heterocycles. The third-order valence-corrected chi connectivity index (χ3v) is 2.10. The van der Waals surface area contributed by atoms with Gasteiger partial charge >= 0.3 is 12.6 Å². The molecule has 6 heteroatoms. The Labute approximate surface area is 95.9 Å². The number of carbonyl (C=O) groups is 1. The first-order chi connectivity index (χ1) is 7.52. The van der Waals surface area contributed by atoms with Gasteiger partial charge < -0.3 is 9.47 Å². The van der Waals surface area contributed by atoms with Crippen LogP contribution in [0.4, 0.5) is 8.78 Å². The number of benzene rings is 1. The van der Waals surface area contributed by atoms with Gasteiger partial charge in [0.2, 0.25) is 0 Å². The predicted molar refractivity (Wildman–Crippen MR) is 53.8 cm³/mol. The van der Waals surface area contributed by atoms with Gasteiger partial charge in [-0.25, -0.2) is 0 Å². The van der Waals surface area contributed by atoms with E-state index in [1.165, 1.54) is 25.3 Å². The van der Waals surface area contributed by atoms with E-state index in [1.807, 2.05) is 0 Å². The van der Waals surface area contributed by atoms with Crippen LogP contribution in [0.5, 0.6) is 5.75 Å². The largest absolute Gasteiger partial charge is 0.469 e. The molecule has 1 rings (SSSR count). The van der Waals surface area contributed by atoms with Crippen molar-refractivity contribution in [1.29, 1.82) is 0 Å². The van der Waals surface area contributed by atoms with Gasteiger partial charge in [0.25, 0.3) is 0 Å². The second-order valence-electron chi connectivity index (χ2n) is 2.90. The normalized spacial score (nSPS) is 10.3. The first-order valence-corrected chi connectivity index (χ1v) is 4.70. The van der Waals surface area contributed by atoms with Crippen molar-refractivity contribution in [3.8, 4) is 5.75 Å². The lowest BCUT2D eigenvalue weighted by Gasteiger charge is -2.08. The molecule has 0 aliphatic heterocycles. The summed E-state index contributed by atoms with van der Waals surface area (Å²) in [6.07, 6.45) is -0.0206. The van der Waals surface area contributed by atoms with Crippen LogP contribution in [0, 0.1) is 0 Å². The van der Waals surface area contributed by atoms with Crippen molar-refractivity contribution in [2.75, 3.05) is 7.11 Å². The van der Waals surface area contributed by atoms with Gasteiger partial charge in [-0.1, -0.05) is 17.7 Å². The van der Waals surface area contributed by atoms with Crippen LogP contribution in [-0.2, 0) is 16.0 Å². The van der Waals surface area contributed by atoms with Crippen LogP contribution >= 0.6 is 11.6 Å². The van der Waals surface area contributed by atoms with Crippen molar-refractivity contribution in [1.82, 2.24) is 0 Å². The summed E-state index contributed by atoms with van der Waals surface area (Å²) in [5, 5.41) is 0.0638. The van der Waals surface area contributed by atoms with E-state index in [0.717, 1.165) is 0 Å². The van der Waals surface area contributed by atoms with Crippen LogP contribution in [0.15, 0.2) is 18.2 Å². The minimum atomic E-state index is -2.95. The van der Waals surface area contributed by atoms with Gasteiger partial charge in [0.05, 0.1) is 18.6 Å². The van der Waals surface area contributed by atoms with Crippen LogP contribution < -0.4 is 4.74 Å². The summed E-state index contributed by atoms with van der Waals surface area (Å²) in [7, 11) is 1.24. The van der Waals surface area contributed by atoms with Crippen molar-refractivity contribution in [3.05, 3.63) is 28.8 Å². The second-order valence-corrected chi connectivity index (χ2v) is 3.30. The summed E-state index contributed by atoms with van der Waals surface area (Å²) in [5.74, 6) is -0.622. The van der Waals surface area contributed by atoms with E-state index in [1.54, 1.807) is 0 Å². The molecule has 0 N–H and O–H groups in total. The van der Waals surface area contributed by atoms with Crippen molar-refractivity contribution < 1.29 is 23.0 Å². The van der Waals surface area contributed by atoms with Gasteiger partial charge in [-0.2, -0.15) is 8.78 Å². The number of hydrogen-bond donors (Lipinski definition) is 0. The smallest absolute Gasteiger partial charge is 0.387 e. The molecule has 1 aromatic carbocycles. The minimum absolute atomic E-state index is 0.0206. The molecule has 0 radical (unpaired) electrons. The van der Waals surface area contributed by atoms with Crippen LogP contribution in [0.3, 0.4) is 0 Å². The van der Waals surface area contributed by atoms with E-state index >= 15 is 0 Å². The predicted octanol–water partition coefficient (Wildman–Crippen LogP) is 2.66. The van der Waals surface area contributed by atoms with Crippen molar-refractivity contribution in [2.24, 2.45) is 0 Å². The fourth-order valence-electron chi connectivity index (χ4n) is 1.08. The molecule has 0 heterocycles. The maximum Gasteiger partial charge on any atom is 0.387 e. The summed E-state index contributed by atoms with van der Waals surface area (Å²) >= 11 is 5.64. The Morgan fingerprint density at radius 1 is 1.50 bits per heavy atom. The van der Waals surface area contributed by atoms with Gasteiger partial charge in [0.15, 0.2) is 0 Å². The molecule has 3 nitrogen and oxygen atoms in total. The molecule has 0 bridgehead atoms. The lowest BCUT2D eigenvalue weighted by molar-refractivity contribution is -0.139.